The molecular formula is C17H14N2O7S. The molecule has 0 aliphatic heterocycles. The molecule has 1 N–H and O–H groups in total. The number of rotatable bonds is 6. The lowest BCUT2D eigenvalue weighted by Gasteiger charge is -2.04. The average molecular weight is 390 g/mol. The first-order valence-electron chi connectivity index (χ1n) is 7.77. The lowest BCUT2D eigenvalue weighted by molar-refractivity contribution is -0.380. The Morgan fingerprint density at radius 1 is 1.33 bits per heavy atom. The van der Waals surface area contributed by atoms with Gasteiger partial charge in [-0.2, -0.15) is 0 Å². The minimum atomic E-state index is -0.761. The van der Waals surface area contributed by atoms with Crippen LogP contribution in [0.3, 0.4) is 0 Å². The van der Waals surface area contributed by atoms with Crippen molar-refractivity contribution in [3.8, 4) is 5.75 Å². The number of fused-ring (bicyclic) bond motifs is 1. The topological polar surface area (TPSA) is 121 Å². The number of benzene rings is 1. The van der Waals surface area contributed by atoms with E-state index in [-0.39, 0.29) is 27.9 Å². The summed E-state index contributed by atoms with van der Waals surface area (Å²) in [6.07, 6.45) is 0. The number of nitrogens with zero attached hydrogens (tertiary/aromatic N) is 1. The molecule has 0 spiro atoms. The third kappa shape index (κ3) is 3.60. The Kier molecular flexibility index (Phi) is 5.08. The number of nitrogens with one attached hydrogen (secondary N) is 1. The van der Waals surface area contributed by atoms with E-state index in [9.17, 15) is 19.7 Å². The summed E-state index contributed by atoms with van der Waals surface area (Å²) in [4.78, 5) is 34.9. The van der Waals surface area contributed by atoms with Crippen LogP contribution in [0, 0.1) is 10.1 Å². The van der Waals surface area contributed by atoms with E-state index in [0.29, 0.717) is 28.1 Å². The summed E-state index contributed by atoms with van der Waals surface area (Å²) in [5.74, 6) is -0.982. The maximum Gasteiger partial charge on any atom is 0.341 e. The molecule has 10 heteroatoms. The Morgan fingerprint density at radius 2 is 2.11 bits per heavy atom. The maximum atomic E-state index is 12.5. The van der Waals surface area contributed by atoms with Crippen LogP contribution in [0.4, 0.5) is 10.0 Å². The monoisotopic (exact) mass is 390 g/mol. The van der Waals surface area contributed by atoms with Crippen molar-refractivity contribution in [1.82, 2.24) is 0 Å². The van der Waals surface area contributed by atoms with Crippen LogP contribution in [0.5, 0.6) is 5.75 Å². The number of thiophene rings is 1. The van der Waals surface area contributed by atoms with Crippen molar-refractivity contribution in [2.45, 2.75) is 6.92 Å². The summed E-state index contributed by atoms with van der Waals surface area (Å²) in [7, 11) is 1.48. The predicted molar refractivity (Wildman–Crippen MR) is 97.6 cm³/mol. The minimum absolute atomic E-state index is 0.0116. The van der Waals surface area contributed by atoms with Gasteiger partial charge in [-0.05, 0) is 30.4 Å². The maximum absolute atomic E-state index is 12.5. The fourth-order valence-corrected chi connectivity index (χ4v) is 3.25. The van der Waals surface area contributed by atoms with E-state index >= 15 is 0 Å². The Balaban J connectivity index is 1.93. The number of amides is 1. The highest BCUT2D eigenvalue weighted by Gasteiger charge is 2.25. The number of carbonyl (C=O) groups is 2. The number of ether oxygens (including phenoxy) is 2. The zero-order valence-corrected chi connectivity index (χ0v) is 15.1. The molecule has 0 atom stereocenters. The van der Waals surface area contributed by atoms with Crippen molar-refractivity contribution in [3.05, 3.63) is 51.8 Å². The second kappa shape index (κ2) is 7.46. The third-order valence-corrected chi connectivity index (χ3v) is 4.58. The van der Waals surface area contributed by atoms with Crippen molar-refractivity contribution in [2.24, 2.45) is 0 Å². The lowest BCUT2D eigenvalue weighted by atomic mass is 10.2. The molecule has 0 fully saturated rings. The Hall–Kier alpha value is -3.40. The van der Waals surface area contributed by atoms with E-state index in [2.05, 4.69) is 5.32 Å². The molecule has 0 saturated heterocycles. The van der Waals surface area contributed by atoms with E-state index in [1.807, 2.05) is 0 Å². The largest absolute Gasteiger partial charge is 0.493 e. The highest BCUT2D eigenvalue weighted by atomic mass is 32.1. The van der Waals surface area contributed by atoms with Crippen LogP contribution in [-0.4, -0.2) is 30.5 Å². The van der Waals surface area contributed by atoms with Gasteiger partial charge in [0.05, 0.1) is 18.6 Å². The van der Waals surface area contributed by atoms with Gasteiger partial charge in [0.25, 0.3) is 5.91 Å². The number of esters is 1. The lowest BCUT2D eigenvalue weighted by Crippen LogP contribution is -2.13. The van der Waals surface area contributed by atoms with E-state index in [4.69, 9.17) is 13.9 Å². The smallest absolute Gasteiger partial charge is 0.341 e. The van der Waals surface area contributed by atoms with Crippen LogP contribution in [0.15, 0.2) is 34.7 Å². The van der Waals surface area contributed by atoms with Crippen molar-refractivity contribution >= 4 is 44.2 Å². The number of para-hydroxylation sites is 1. The van der Waals surface area contributed by atoms with Gasteiger partial charge in [0, 0.05) is 11.5 Å². The highest BCUT2D eigenvalue weighted by molar-refractivity contribution is 7.19. The van der Waals surface area contributed by atoms with E-state index in [0.717, 1.165) is 6.07 Å². The molecule has 0 aliphatic rings. The van der Waals surface area contributed by atoms with Gasteiger partial charge in [0.2, 0.25) is 0 Å². The fourth-order valence-electron chi connectivity index (χ4n) is 2.40. The summed E-state index contributed by atoms with van der Waals surface area (Å²) < 4.78 is 15.6. The molecule has 1 aromatic carbocycles. The van der Waals surface area contributed by atoms with Gasteiger partial charge < -0.3 is 19.2 Å². The van der Waals surface area contributed by atoms with E-state index in [1.165, 1.54) is 13.2 Å². The third-order valence-electron chi connectivity index (χ3n) is 3.57. The molecule has 2 heterocycles. The summed E-state index contributed by atoms with van der Waals surface area (Å²) in [6, 6.07) is 7.77. The number of nitro groups is 1. The van der Waals surface area contributed by atoms with Gasteiger partial charge in [-0.1, -0.05) is 12.1 Å². The standard InChI is InChI=1S/C17H14N2O7S/c1-3-25-17(21)10-8-13(19(22)23)27-16(10)18-15(20)12-7-9-5-4-6-11(24-2)14(9)26-12/h4-8H,3H2,1-2H3,(H,18,20). The van der Waals surface area contributed by atoms with Gasteiger partial charge in [0.1, 0.15) is 10.6 Å². The van der Waals surface area contributed by atoms with Crippen LogP contribution in [-0.2, 0) is 4.74 Å². The molecule has 0 radical (unpaired) electrons. The molecule has 2 aromatic heterocycles. The van der Waals surface area contributed by atoms with Crippen LogP contribution in [0.1, 0.15) is 27.8 Å². The van der Waals surface area contributed by atoms with Gasteiger partial charge >= 0.3 is 11.0 Å². The molecule has 0 saturated carbocycles. The number of hydrogen-bond donors (Lipinski definition) is 1. The minimum Gasteiger partial charge on any atom is -0.493 e. The van der Waals surface area contributed by atoms with Crippen molar-refractivity contribution in [1.29, 1.82) is 0 Å². The van der Waals surface area contributed by atoms with E-state index in [1.54, 1.807) is 25.1 Å². The normalized spacial score (nSPS) is 10.6. The molecular weight excluding hydrogens is 376 g/mol. The highest BCUT2D eigenvalue weighted by Crippen LogP contribution is 2.35. The van der Waals surface area contributed by atoms with Gasteiger partial charge in [-0.15, -0.1) is 0 Å². The van der Waals surface area contributed by atoms with Crippen LogP contribution in [0.2, 0.25) is 0 Å². The SMILES string of the molecule is CCOC(=O)c1cc([N+](=O)[O-])sc1NC(=O)c1cc2cccc(OC)c2o1. The van der Waals surface area contributed by atoms with Gasteiger partial charge in [-0.3, -0.25) is 14.9 Å². The quantitative estimate of drug-likeness (QED) is 0.385. The number of methoxy groups -OCH3 is 1. The molecule has 1 amide bonds. The first kappa shape index (κ1) is 18.4. The average Bonchev–Trinajstić information content (AvgIpc) is 3.25. The van der Waals surface area contributed by atoms with Crippen molar-refractivity contribution in [3.63, 3.8) is 0 Å². The molecule has 140 valence electrons. The first-order valence-corrected chi connectivity index (χ1v) is 8.59. The molecule has 27 heavy (non-hydrogen) atoms. The summed E-state index contributed by atoms with van der Waals surface area (Å²) in [5, 5.41) is 13.9. The molecule has 9 nitrogen and oxygen atoms in total. The summed E-state index contributed by atoms with van der Waals surface area (Å²) >= 11 is 0.661. The zero-order chi connectivity index (χ0) is 19.6. The fraction of sp³-hybridized carbons (Fsp3) is 0.176. The first-order chi connectivity index (χ1) is 12.9. The molecule has 0 unspecified atom stereocenters. The second-order valence-corrected chi connectivity index (χ2v) is 6.28. The second-order valence-electron chi connectivity index (χ2n) is 5.25. The number of furan rings is 1. The van der Waals surface area contributed by atoms with E-state index < -0.39 is 16.8 Å². The van der Waals surface area contributed by atoms with Crippen LogP contribution in [0.25, 0.3) is 11.0 Å². The Morgan fingerprint density at radius 3 is 2.78 bits per heavy atom. The van der Waals surface area contributed by atoms with Gasteiger partial charge in [-0.25, -0.2) is 4.79 Å². The Labute approximate surface area is 156 Å². The number of carbonyl (C=O) groups excluding carboxylic acids is 2. The number of hydrogen-bond acceptors (Lipinski definition) is 8. The molecule has 0 aliphatic carbocycles. The number of anilines is 1. The summed E-state index contributed by atoms with van der Waals surface area (Å²) in [6.45, 7) is 1.71. The molecule has 3 rings (SSSR count). The zero-order valence-electron chi connectivity index (χ0n) is 14.3. The van der Waals surface area contributed by atoms with Gasteiger partial charge in [0.15, 0.2) is 17.1 Å². The van der Waals surface area contributed by atoms with Crippen molar-refractivity contribution in [2.75, 3.05) is 19.0 Å². The Bertz CT molecular complexity index is 1040. The van der Waals surface area contributed by atoms with Crippen LogP contribution < -0.4 is 10.1 Å². The summed E-state index contributed by atoms with van der Waals surface area (Å²) in [5.41, 5.74) is 0.309. The van der Waals surface area contributed by atoms with Crippen LogP contribution >= 0.6 is 11.3 Å². The van der Waals surface area contributed by atoms with Crippen molar-refractivity contribution < 1.29 is 28.4 Å². The predicted octanol–water partition coefficient (Wildman–Crippen LogP) is 3.84. The molecule has 0 bridgehead atoms. The molecule has 3 aromatic rings.